The predicted octanol–water partition coefficient (Wildman–Crippen LogP) is 2.95. The Hall–Kier alpha value is -3.23. The minimum atomic E-state index is -1.03. The number of hydrogen-bond acceptors (Lipinski definition) is 7. The van der Waals surface area contributed by atoms with Crippen LogP contribution in [-0.4, -0.2) is 48.8 Å². The monoisotopic (exact) mass is 467 g/mol. The quantitative estimate of drug-likeness (QED) is 0.427. The van der Waals surface area contributed by atoms with Gasteiger partial charge < -0.3 is 18.6 Å². The van der Waals surface area contributed by atoms with Gasteiger partial charge in [-0.3, -0.25) is 4.90 Å². The summed E-state index contributed by atoms with van der Waals surface area (Å²) in [4.78, 5) is 28.4. The standard InChI is InChI=1S/C24H22ClN3O5/c25-16-4-5-19-18(14-16)17(22-28(19)33-24(30)23(29)32-22)6-8-26-9-11-27(12-10-26)20-3-1-2-15-7-13-31-21(15)20/h1-5,14H,6-13H2. The first-order valence-corrected chi connectivity index (χ1v) is 11.5. The number of ether oxygens (including phenoxy) is 1. The summed E-state index contributed by atoms with van der Waals surface area (Å²) in [5, 5.41) is 1.38. The van der Waals surface area contributed by atoms with Crippen molar-refractivity contribution in [3.05, 3.63) is 73.4 Å². The molecule has 0 spiro atoms. The van der Waals surface area contributed by atoms with Gasteiger partial charge in [0.1, 0.15) is 5.75 Å². The van der Waals surface area contributed by atoms with E-state index >= 15 is 0 Å². The fraction of sp³-hybridized carbons (Fsp3) is 0.333. The van der Waals surface area contributed by atoms with Gasteiger partial charge in [-0.15, -0.1) is 4.57 Å². The number of benzene rings is 2. The first-order valence-electron chi connectivity index (χ1n) is 11.1. The number of aromatic nitrogens is 1. The predicted molar refractivity (Wildman–Crippen MR) is 125 cm³/mol. The Labute approximate surface area is 193 Å². The molecular weight excluding hydrogens is 446 g/mol. The highest BCUT2D eigenvalue weighted by molar-refractivity contribution is 6.31. The van der Waals surface area contributed by atoms with Gasteiger partial charge in [-0.25, -0.2) is 9.59 Å². The molecule has 0 atom stereocenters. The fourth-order valence-corrected chi connectivity index (χ4v) is 5.06. The summed E-state index contributed by atoms with van der Waals surface area (Å²) < 4.78 is 17.7. The molecular formula is C24H22ClN3O5. The third-order valence-electron chi connectivity index (χ3n) is 6.56. The van der Waals surface area contributed by atoms with Crippen molar-refractivity contribution in [1.82, 2.24) is 9.47 Å². The molecule has 4 aromatic rings. The van der Waals surface area contributed by atoms with E-state index in [2.05, 4.69) is 28.0 Å². The maximum atomic E-state index is 11.8. The van der Waals surface area contributed by atoms with Crippen LogP contribution in [0.5, 0.6) is 5.75 Å². The van der Waals surface area contributed by atoms with E-state index in [0.29, 0.717) is 17.0 Å². The number of rotatable bonds is 4. The Morgan fingerprint density at radius 1 is 1.00 bits per heavy atom. The lowest BCUT2D eigenvalue weighted by atomic mass is 10.1. The molecule has 0 saturated carbocycles. The second kappa shape index (κ2) is 7.97. The second-order valence-corrected chi connectivity index (χ2v) is 8.89. The van der Waals surface area contributed by atoms with Gasteiger partial charge in [0.25, 0.3) is 0 Å². The maximum Gasteiger partial charge on any atom is 0.442 e. The van der Waals surface area contributed by atoms with E-state index in [9.17, 15) is 9.59 Å². The van der Waals surface area contributed by atoms with E-state index in [1.54, 1.807) is 12.1 Å². The number of nitrogens with zero attached hydrogens (tertiary/aromatic N) is 3. The molecule has 1 fully saturated rings. The molecule has 1 saturated heterocycles. The highest BCUT2D eigenvalue weighted by atomic mass is 35.5. The SMILES string of the molecule is O=c1oc2c(CCN3CCN(c4cccc5c4OCC5)CC3)c3cc(Cl)ccc3n2oc1=O. The molecule has 9 heteroatoms. The third-order valence-corrected chi connectivity index (χ3v) is 6.80. The Kier molecular flexibility index (Phi) is 4.92. The normalized spacial score (nSPS) is 16.5. The van der Waals surface area contributed by atoms with Crippen LogP contribution < -0.4 is 20.9 Å². The second-order valence-electron chi connectivity index (χ2n) is 8.45. The van der Waals surface area contributed by atoms with Crippen molar-refractivity contribution >= 4 is 33.9 Å². The highest BCUT2D eigenvalue weighted by Crippen LogP contribution is 2.36. The number of para-hydroxylation sites is 1. The topological polar surface area (TPSA) is 80.5 Å². The van der Waals surface area contributed by atoms with Crippen molar-refractivity contribution in [2.75, 3.05) is 44.2 Å². The van der Waals surface area contributed by atoms with Crippen LogP contribution >= 0.6 is 11.6 Å². The average Bonchev–Trinajstić information content (AvgIpc) is 3.41. The van der Waals surface area contributed by atoms with Gasteiger partial charge in [-0.1, -0.05) is 23.7 Å². The maximum absolute atomic E-state index is 11.8. The molecule has 8 nitrogen and oxygen atoms in total. The van der Waals surface area contributed by atoms with Crippen molar-refractivity contribution in [3.63, 3.8) is 0 Å². The average molecular weight is 468 g/mol. The van der Waals surface area contributed by atoms with Crippen LogP contribution in [0, 0.1) is 0 Å². The first kappa shape index (κ1) is 20.4. The van der Waals surface area contributed by atoms with Gasteiger partial charge in [0.2, 0.25) is 5.71 Å². The van der Waals surface area contributed by atoms with Crippen LogP contribution in [-0.2, 0) is 12.8 Å². The molecule has 170 valence electrons. The molecule has 4 heterocycles. The van der Waals surface area contributed by atoms with Crippen LogP contribution in [0.2, 0.25) is 5.02 Å². The summed E-state index contributed by atoms with van der Waals surface area (Å²) in [6, 6.07) is 11.7. The van der Waals surface area contributed by atoms with Crippen molar-refractivity contribution < 1.29 is 13.7 Å². The minimum Gasteiger partial charge on any atom is -0.491 e. The molecule has 0 aliphatic carbocycles. The molecule has 6 rings (SSSR count). The van der Waals surface area contributed by atoms with Crippen LogP contribution in [0.1, 0.15) is 11.1 Å². The molecule has 0 N–H and O–H groups in total. The number of fused-ring (bicyclic) bond motifs is 4. The molecule has 2 aliphatic heterocycles. The Morgan fingerprint density at radius 2 is 1.85 bits per heavy atom. The van der Waals surface area contributed by atoms with E-state index in [0.717, 1.165) is 62.5 Å². The summed E-state index contributed by atoms with van der Waals surface area (Å²) in [6.45, 7) is 5.17. The molecule has 0 bridgehead atoms. The minimum absolute atomic E-state index is 0.257. The van der Waals surface area contributed by atoms with E-state index < -0.39 is 11.3 Å². The molecule has 2 aromatic carbocycles. The number of piperazine rings is 1. The van der Waals surface area contributed by atoms with Crippen LogP contribution in [0.4, 0.5) is 5.69 Å². The third kappa shape index (κ3) is 3.50. The number of anilines is 1. The van der Waals surface area contributed by atoms with Gasteiger partial charge in [0, 0.05) is 55.1 Å². The molecule has 0 amide bonds. The molecule has 2 aromatic heterocycles. The van der Waals surface area contributed by atoms with Crippen molar-refractivity contribution in [1.29, 1.82) is 0 Å². The lowest BCUT2D eigenvalue weighted by molar-refractivity contribution is 0.258. The summed E-state index contributed by atoms with van der Waals surface area (Å²) in [5.41, 5.74) is 2.14. The van der Waals surface area contributed by atoms with Crippen LogP contribution in [0.15, 0.2) is 54.9 Å². The van der Waals surface area contributed by atoms with Gasteiger partial charge in [-0.2, -0.15) is 0 Å². The smallest absolute Gasteiger partial charge is 0.442 e. The number of hydrogen-bond donors (Lipinski definition) is 0. The first-order chi connectivity index (χ1) is 16.1. The Balaban J connectivity index is 1.22. The van der Waals surface area contributed by atoms with Gasteiger partial charge in [0.05, 0.1) is 17.8 Å². The van der Waals surface area contributed by atoms with E-state index in [-0.39, 0.29) is 5.71 Å². The van der Waals surface area contributed by atoms with Crippen molar-refractivity contribution in [2.45, 2.75) is 12.8 Å². The van der Waals surface area contributed by atoms with Crippen molar-refractivity contribution in [2.24, 2.45) is 0 Å². The molecule has 0 radical (unpaired) electrons. The molecule has 33 heavy (non-hydrogen) atoms. The lowest BCUT2D eigenvalue weighted by Gasteiger charge is -2.36. The lowest BCUT2D eigenvalue weighted by Crippen LogP contribution is -2.47. The van der Waals surface area contributed by atoms with Crippen LogP contribution in [0.3, 0.4) is 0 Å². The summed E-state index contributed by atoms with van der Waals surface area (Å²) >= 11 is 6.22. The summed E-state index contributed by atoms with van der Waals surface area (Å²) in [5.74, 6) is 1.03. The number of halogens is 1. The van der Waals surface area contributed by atoms with Gasteiger partial charge >= 0.3 is 11.3 Å². The van der Waals surface area contributed by atoms with Crippen molar-refractivity contribution in [3.8, 4) is 5.75 Å². The van der Waals surface area contributed by atoms with Gasteiger partial charge in [-0.05, 0) is 36.2 Å². The molecule has 2 aliphatic rings. The van der Waals surface area contributed by atoms with E-state index in [1.807, 2.05) is 6.07 Å². The van der Waals surface area contributed by atoms with E-state index in [4.69, 9.17) is 25.3 Å². The zero-order chi connectivity index (χ0) is 22.5. The van der Waals surface area contributed by atoms with Crippen LogP contribution in [0.25, 0.3) is 16.6 Å². The zero-order valence-corrected chi connectivity index (χ0v) is 18.6. The highest BCUT2D eigenvalue weighted by Gasteiger charge is 2.24. The molecule has 0 unspecified atom stereocenters. The van der Waals surface area contributed by atoms with E-state index in [1.165, 1.54) is 15.8 Å². The van der Waals surface area contributed by atoms with Gasteiger partial charge in [0.15, 0.2) is 0 Å². The summed E-state index contributed by atoms with van der Waals surface area (Å²) in [7, 11) is 0. The summed E-state index contributed by atoms with van der Waals surface area (Å²) in [6.07, 6.45) is 1.61. The Bertz CT molecular complexity index is 1480. The largest absolute Gasteiger partial charge is 0.491 e. The zero-order valence-electron chi connectivity index (χ0n) is 17.9. The fourth-order valence-electron chi connectivity index (χ4n) is 4.89. The Morgan fingerprint density at radius 3 is 2.70 bits per heavy atom.